The Morgan fingerprint density at radius 3 is 2.00 bits per heavy atom. The number of hydrogen-bond donors (Lipinski definition) is 0. The van der Waals surface area contributed by atoms with Gasteiger partial charge in [0.15, 0.2) is 0 Å². The molecule has 2 heteroatoms. The van der Waals surface area contributed by atoms with Gasteiger partial charge in [0, 0.05) is 6.42 Å². The third kappa shape index (κ3) is 9.07. The minimum Gasteiger partial charge on any atom is -0.462 e. The summed E-state index contributed by atoms with van der Waals surface area (Å²) in [5.41, 5.74) is 0. The summed E-state index contributed by atoms with van der Waals surface area (Å²) in [6, 6.07) is 0. The molecule has 1 fully saturated rings. The van der Waals surface area contributed by atoms with Gasteiger partial charge < -0.3 is 4.74 Å². The predicted molar refractivity (Wildman–Crippen MR) is 79.9 cm³/mol. The molecule has 0 spiro atoms. The summed E-state index contributed by atoms with van der Waals surface area (Å²) in [7, 11) is 0. The first kappa shape index (κ1) is 16.5. The fraction of sp³-hybridized carbons (Fsp3) is 0.882. The summed E-state index contributed by atoms with van der Waals surface area (Å²) >= 11 is 0. The highest BCUT2D eigenvalue weighted by atomic mass is 16.5. The smallest absolute Gasteiger partial charge is 0.306 e. The molecule has 0 atom stereocenters. The summed E-state index contributed by atoms with van der Waals surface area (Å²) in [4.78, 5) is 11.6. The van der Waals surface area contributed by atoms with Crippen LogP contribution in [0.25, 0.3) is 0 Å². The van der Waals surface area contributed by atoms with E-state index in [0.29, 0.717) is 6.42 Å². The van der Waals surface area contributed by atoms with Gasteiger partial charge in [0.1, 0.15) is 6.10 Å². The third-order valence-corrected chi connectivity index (χ3v) is 3.98. The molecule has 1 aliphatic carbocycles. The van der Waals surface area contributed by atoms with Crippen molar-refractivity contribution in [3.63, 3.8) is 0 Å². The van der Waals surface area contributed by atoms with E-state index in [9.17, 15) is 4.79 Å². The van der Waals surface area contributed by atoms with Crippen molar-refractivity contribution in [1.29, 1.82) is 0 Å². The highest BCUT2D eigenvalue weighted by molar-refractivity contribution is 5.69. The third-order valence-electron chi connectivity index (χ3n) is 3.98. The summed E-state index contributed by atoms with van der Waals surface area (Å²) in [6.07, 6.45) is 16.6. The van der Waals surface area contributed by atoms with Crippen LogP contribution in [0.4, 0.5) is 0 Å². The zero-order valence-electron chi connectivity index (χ0n) is 12.5. The Morgan fingerprint density at radius 2 is 1.42 bits per heavy atom. The van der Waals surface area contributed by atoms with Gasteiger partial charge in [-0.2, -0.15) is 0 Å². The molecule has 111 valence electrons. The minimum absolute atomic E-state index is 0.0299. The van der Waals surface area contributed by atoms with Crippen molar-refractivity contribution in [2.75, 3.05) is 0 Å². The van der Waals surface area contributed by atoms with Crippen molar-refractivity contribution in [2.45, 2.75) is 96.0 Å². The van der Waals surface area contributed by atoms with Crippen molar-refractivity contribution >= 4 is 5.97 Å². The highest BCUT2D eigenvalue weighted by Gasteiger charge is 2.18. The summed E-state index contributed by atoms with van der Waals surface area (Å²) < 4.78 is 5.44. The van der Waals surface area contributed by atoms with Crippen molar-refractivity contribution in [2.24, 2.45) is 0 Å². The Kier molecular flexibility index (Phi) is 9.84. The minimum atomic E-state index is 0.0299. The molecular weight excluding hydrogens is 236 g/mol. The number of rotatable bonds is 11. The maximum Gasteiger partial charge on any atom is 0.306 e. The fourth-order valence-electron chi connectivity index (χ4n) is 2.76. The number of hydrogen-bond acceptors (Lipinski definition) is 2. The number of ether oxygens (including phenoxy) is 1. The van der Waals surface area contributed by atoms with Gasteiger partial charge in [-0.25, -0.2) is 0 Å². The summed E-state index contributed by atoms with van der Waals surface area (Å²) in [5, 5.41) is 0. The molecule has 0 aromatic heterocycles. The fourth-order valence-corrected chi connectivity index (χ4v) is 2.76. The number of esters is 1. The molecule has 0 bridgehead atoms. The van der Waals surface area contributed by atoms with Gasteiger partial charge in [0.05, 0.1) is 0 Å². The molecule has 0 saturated heterocycles. The monoisotopic (exact) mass is 267 g/mol. The van der Waals surface area contributed by atoms with E-state index in [2.05, 4.69) is 6.92 Å². The highest BCUT2D eigenvalue weighted by Crippen LogP contribution is 2.21. The van der Waals surface area contributed by atoms with Gasteiger partial charge in [0.25, 0.3) is 0 Å². The second kappa shape index (κ2) is 11.3. The standard InChI is InChI=1S/C17H31O2/c1-2-3-4-5-6-7-8-9-10-15-17(18)19-16-13-11-12-14-16/h16H,1-15H2. The number of unbranched alkanes of at least 4 members (excludes halogenated alkanes) is 8. The molecular formula is C17H31O2. The molecule has 0 amide bonds. The van der Waals surface area contributed by atoms with Gasteiger partial charge in [-0.15, -0.1) is 0 Å². The van der Waals surface area contributed by atoms with Crippen molar-refractivity contribution in [3.8, 4) is 0 Å². The molecule has 0 aromatic carbocycles. The van der Waals surface area contributed by atoms with Crippen LogP contribution in [0, 0.1) is 6.92 Å². The van der Waals surface area contributed by atoms with Gasteiger partial charge >= 0.3 is 5.97 Å². The zero-order chi connectivity index (χ0) is 13.8. The van der Waals surface area contributed by atoms with E-state index in [4.69, 9.17) is 4.74 Å². The van der Waals surface area contributed by atoms with Gasteiger partial charge in [-0.1, -0.05) is 58.3 Å². The molecule has 1 rings (SSSR count). The van der Waals surface area contributed by atoms with E-state index >= 15 is 0 Å². The number of carbonyl (C=O) groups is 1. The first-order chi connectivity index (χ1) is 9.33. The van der Waals surface area contributed by atoms with Gasteiger partial charge in [-0.05, 0) is 32.1 Å². The number of carbonyl (C=O) groups excluding carboxylic acids is 1. The normalized spacial score (nSPS) is 15.8. The molecule has 0 heterocycles. The molecule has 1 radical (unpaired) electrons. The van der Waals surface area contributed by atoms with Crippen LogP contribution in [-0.2, 0) is 9.53 Å². The molecule has 1 aliphatic rings. The lowest BCUT2D eigenvalue weighted by atomic mass is 10.1. The average molecular weight is 267 g/mol. The molecule has 1 saturated carbocycles. The topological polar surface area (TPSA) is 26.3 Å². The molecule has 0 aliphatic heterocycles. The van der Waals surface area contributed by atoms with Crippen LogP contribution >= 0.6 is 0 Å². The van der Waals surface area contributed by atoms with E-state index in [1.165, 1.54) is 57.8 Å². The van der Waals surface area contributed by atoms with Crippen LogP contribution < -0.4 is 0 Å². The Labute approximate surface area is 119 Å². The maximum absolute atomic E-state index is 11.6. The van der Waals surface area contributed by atoms with Crippen LogP contribution in [0.15, 0.2) is 0 Å². The van der Waals surface area contributed by atoms with E-state index in [1.54, 1.807) is 0 Å². The van der Waals surface area contributed by atoms with Crippen molar-refractivity contribution in [3.05, 3.63) is 6.92 Å². The first-order valence-corrected chi connectivity index (χ1v) is 8.31. The second-order valence-electron chi connectivity index (χ2n) is 5.83. The lowest BCUT2D eigenvalue weighted by Crippen LogP contribution is -2.14. The Hall–Kier alpha value is -0.530. The summed E-state index contributed by atoms with van der Waals surface area (Å²) in [6.45, 7) is 3.85. The quantitative estimate of drug-likeness (QED) is 0.379. The molecule has 0 aromatic rings. The zero-order valence-corrected chi connectivity index (χ0v) is 12.5. The van der Waals surface area contributed by atoms with Gasteiger partial charge in [-0.3, -0.25) is 4.79 Å². The van der Waals surface area contributed by atoms with Crippen LogP contribution in [0.2, 0.25) is 0 Å². The van der Waals surface area contributed by atoms with Crippen molar-refractivity contribution < 1.29 is 9.53 Å². The maximum atomic E-state index is 11.6. The van der Waals surface area contributed by atoms with E-state index < -0.39 is 0 Å². The predicted octanol–water partition coefficient (Wildman–Crippen LogP) is 5.21. The average Bonchev–Trinajstić information content (AvgIpc) is 2.89. The van der Waals surface area contributed by atoms with Crippen LogP contribution in [0.1, 0.15) is 89.9 Å². The Morgan fingerprint density at radius 1 is 0.895 bits per heavy atom. The summed E-state index contributed by atoms with van der Waals surface area (Å²) in [5.74, 6) is 0.0299. The van der Waals surface area contributed by atoms with Crippen molar-refractivity contribution in [1.82, 2.24) is 0 Å². The van der Waals surface area contributed by atoms with Crippen LogP contribution in [-0.4, -0.2) is 12.1 Å². The first-order valence-electron chi connectivity index (χ1n) is 8.31. The molecule has 0 N–H and O–H groups in total. The Bertz CT molecular complexity index is 219. The van der Waals surface area contributed by atoms with Gasteiger partial charge in [0.2, 0.25) is 0 Å². The van der Waals surface area contributed by atoms with Crippen LogP contribution in [0.3, 0.4) is 0 Å². The van der Waals surface area contributed by atoms with E-state index in [0.717, 1.165) is 25.7 Å². The lowest BCUT2D eigenvalue weighted by Gasteiger charge is -2.10. The Balaban J connectivity index is 1.80. The van der Waals surface area contributed by atoms with Crippen LogP contribution in [0.5, 0.6) is 0 Å². The largest absolute Gasteiger partial charge is 0.462 e. The van der Waals surface area contributed by atoms with E-state index in [1.807, 2.05) is 0 Å². The lowest BCUT2D eigenvalue weighted by molar-refractivity contribution is -0.148. The molecule has 2 nitrogen and oxygen atoms in total. The second-order valence-corrected chi connectivity index (χ2v) is 5.83. The molecule has 19 heavy (non-hydrogen) atoms. The van der Waals surface area contributed by atoms with E-state index in [-0.39, 0.29) is 12.1 Å². The molecule has 0 unspecified atom stereocenters. The SMILES string of the molecule is [CH2]CCCCCCCCCCC(=O)OC1CCCC1.